The Hall–Kier alpha value is -1.91. The highest BCUT2D eigenvalue weighted by atomic mass is 32.2. The second kappa shape index (κ2) is 6.44. The molecule has 1 nitrogen and oxygen atoms in total. The van der Waals surface area contributed by atoms with Crippen molar-refractivity contribution in [2.75, 3.05) is 7.05 Å². The first kappa shape index (κ1) is 22.5. The number of allylic oxidation sites excluding steroid dienone is 4. The lowest BCUT2D eigenvalue weighted by Crippen LogP contribution is -2.57. The summed E-state index contributed by atoms with van der Waals surface area (Å²) >= 11 is 4.13. The van der Waals surface area contributed by atoms with Gasteiger partial charge in [-0.1, -0.05) is 23.9 Å². The van der Waals surface area contributed by atoms with E-state index in [9.17, 15) is 8.78 Å². The van der Waals surface area contributed by atoms with E-state index in [1.807, 2.05) is 22.6 Å². The van der Waals surface area contributed by atoms with Crippen molar-refractivity contribution in [3.63, 3.8) is 0 Å². The predicted octanol–water partition coefficient (Wildman–Crippen LogP) is 8.13. The number of rotatable bonds is 2. The normalized spacial score (nSPS) is 32.6. The molecule has 0 saturated heterocycles. The van der Waals surface area contributed by atoms with Crippen LogP contribution in [0, 0.1) is 5.41 Å². The maximum absolute atomic E-state index is 15.2. The summed E-state index contributed by atoms with van der Waals surface area (Å²) in [4.78, 5) is 2.96. The fraction of sp³-hybridized carbons (Fsp3) is 0.333. The van der Waals surface area contributed by atoms with Crippen LogP contribution >= 0.6 is 34.4 Å². The molecule has 10 heteroatoms. The Kier molecular flexibility index (Phi) is 4.27. The minimum absolute atomic E-state index is 0.155. The standard InChI is InChI=1S/C24H17F6NS3/c1-20-12-10-14(15-6-4-8-32-15)31(3)21(20,2)34-17(16-7-5-9-33-16)11-13(20)19-18(12)22(25,26)24(29,30)23(19,27)28/h4-11H,1-3H3/t20-,21-/m1/s1. The van der Waals surface area contributed by atoms with Crippen LogP contribution in [0.25, 0.3) is 10.6 Å². The van der Waals surface area contributed by atoms with Gasteiger partial charge in [-0.05, 0) is 60.0 Å². The average molecular weight is 530 g/mol. The smallest absolute Gasteiger partial charge is 0.358 e. The lowest BCUT2D eigenvalue weighted by atomic mass is 9.68. The van der Waals surface area contributed by atoms with Crippen molar-refractivity contribution in [1.82, 2.24) is 4.90 Å². The topological polar surface area (TPSA) is 3.24 Å². The molecule has 2 aromatic heterocycles. The molecule has 0 spiro atoms. The van der Waals surface area contributed by atoms with E-state index in [0.717, 1.165) is 9.75 Å². The third kappa shape index (κ3) is 2.26. The number of fused-ring (bicyclic) bond motifs is 1. The van der Waals surface area contributed by atoms with E-state index in [1.165, 1.54) is 46.6 Å². The number of hydrogen-bond donors (Lipinski definition) is 0. The van der Waals surface area contributed by atoms with Crippen LogP contribution in [0.1, 0.15) is 23.6 Å². The van der Waals surface area contributed by atoms with E-state index in [1.54, 1.807) is 38.2 Å². The van der Waals surface area contributed by atoms with Gasteiger partial charge in [-0.2, -0.15) is 26.3 Å². The molecule has 2 aliphatic heterocycles. The molecule has 2 aliphatic carbocycles. The molecule has 1 fully saturated rings. The van der Waals surface area contributed by atoms with Crippen molar-refractivity contribution in [3.05, 3.63) is 79.2 Å². The van der Waals surface area contributed by atoms with Crippen molar-refractivity contribution >= 4 is 45.0 Å². The van der Waals surface area contributed by atoms with Gasteiger partial charge in [-0.3, -0.25) is 0 Å². The zero-order chi connectivity index (χ0) is 24.5. The number of alkyl halides is 6. The fourth-order valence-corrected chi connectivity index (χ4v) is 8.67. The second-order valence-corrected chi connectivity index (χ2v) is 12.4. The Morgan fingerprint density at radius 1 is 0.765 bits per heavy atom. The molecule has 0 N–H and O–H groups in total. The van der Waals surface area contributed by atoms with Crippen LogP contribution in [0.4, 0.5) is 26.3 Å². The minimum atomic E-state index is -5.52. The van der Waals surface area contributed by atoms with Crippen LogP contribution in [0.5, 0.6) is 0 Å². The SMILES string of the molecule is CN1C(c2cccs2)=CC2=C3C(=C4C=C(c5cccs5)S[C@]1(C)[C@@]42C)C(F)(F)C(F)(F)C3(F)F. The number of hydrogen-bond acceptors (Lipinski definition) is 4. The Morgan fingerprint density at radius 3 is 1.82 bits per heavy atom. The zero-order valence-electron chi connectivity index (χ0n) is 18.1. The monoisotopic (exact) mass is 529 g/mol. The summed E-state index contributed by atoms with van der Waals surface area (Å²) in [5, 5.41) is 3.64. The molecule has 0 amide bonds. The fourth-order valence-electron chi connectivity index (χ4n) is 5.56. The van der Waals surface area contributed by atoms with Crippen LogP contribution in [-0.2, 0) is 0 Å². The average Bonchev–Trinajstić information content (AvgIpc) is 3.52. The molecular weight excluding hydrogens is 512 g/mol. The number of nitrogens with zero attached hydrogens (tertiary/aromatic N) is 1. The van der Waals surface area contributed by atoms with Crippen molar-refractivity contribution in [3.8, 4) is 0 Å². The first-order valence-corrected chi connectivity index (χ1v) is 13.0. The lowest BCUT2D eigenvalue weighted by Gasteiger charge is -2.57. The summed E-state index contributed by atoms with van der Waals surface area (Å²) in [5.74, 6) is -15.5. The molecule has 4 heterocycles. The van der Waals surface area contributed by atoms with Crippen LogP contribution in [0.2, 0.25) is 0 Å². The van der Waals surface area contributed by atoms with Gasteiger partial charge < -0.3 is 4.90 Å². The molecule has 178 valence electrons. The molecule has 2 atom stereocenters. The largest absolute Gasteiger partial charge is 0.380 e. The van der Waals surface area contributed by atoms with Gasteiger partial charge in [0.05, 0.1) is 16.0 Å². The van der Waals surface area contributed by atoms with E-state index in [-0.39, 0.29) is 11.1 Å². The van der Waals surface area contributed by atoms with Crippen LogP contribution in [-0.4, -0.2) is 34.6 Å². The number of halogens is 6. The van der Waals surface area contributed by atoms with Gasteiger partial charge in [0.1, 0.15) is 4.87 Å². The Morgan fingerprint density at radius 2 is 1.29 bits per heavy atom. The maximum atomic E-state index is 15.2. The molecule has 0 unspecified atom stereocenters. The third-order valence-corrected chi connectivity index (χ3v) is 11.2. The van der Waals surface area contributed by atoms with E-state index < -0.39 is 39.2 Å². The van der Waals surface area contributed by atoms with Gasteiger partial charge in [-0.15, -0.1) is 22.7 Å². The van der Waals surface area contributed by atoms with E-state index in [2.05, 4.69) is 0 Å². The number of thioether (sulfide) groups is 1. The van der Waals surface area contributed by atoms with Gasteiger partial charge in [0.2, 0.25) is 0 Å². The molecular formula is C24H17F6NS3. The summed E-state index contributed by atoms with van der Waals surface area (Å²) in [5.41, 5.74) is -3.58. The highest BCUT2D eigenvalue weighted by Crippen LogP contribution is 2.75. The third-order valence-electron chi connectivity index (χ3n) is 7.61. The van der Waals surface area contributed by atoms with Crippen LogP contribution in [0.15, 0.2) is 69.5 Å². The van der Waals surface area contributed by atoms with Gasteiger partial charge in [-0.25, -0.2) is 0 Å². The second-order valence-electron chi connectivity index (χ2n) is 9.06. The highest BCUT2D eigenvalue weighted by Gasteiger charge is 2.85. The number of thiophene rings is 2. The molecule has 1 saturated carbocycles. The first-order chi connectivity index (χ1) is 15.8. The lowest BCUT2D eigenvalue weighted by molar-refractivity contribution is -0.258. The Balaban J connectivity index is 1.76. The van der Waals surface area contributed by atoms with E-state index in [0.29, 0.717) is 10.6 Å². The maximum Gasteiger partial charge on any atom is 0.380 e. The van der Waals surface area contributed by atoms with Gasteiger partial charge in [0.15, 0.2) is 0 Å². The first-order valence-electron chi connectivity index (χ1n) is 10.4. The van der Waals surface area contributed by atoms with Crippen molar-refractivity contribution < 1.29 is 26.3 Å². The highest BCUT2D eigenvalue weighted by molar-refractivity contribution is 8.09. The zero-order valence-corrected chi connectivity index (χ0v) is 20.5. The molecule has 0 bridgehead atoms. The predicted molar refractivity (Wildman–Crippen MR) is 125 cm³/mol. The minimum Gasteiger partial charge on any atom is -0.358 e. The molecule has 34 heavy (non-hydrogen) atoms. The molecule has 0 aromatic carbocycles. The summed E-state index contributed by atoms with van der Waals surface area (Å²) < 4.78 is 90.2. The summed E-state index contributed by atoms with van der Waals surface area (Å²) in [6.07, 6.45) is 2.83. The summed E-state index contributed by atoms with van der Waals surface area (Å²) in [6.45, 7) is 3.43. The van der Waals surface area contributed by atoms with Gasteiger partial charge in [0.25, 0.3) is 0 Å². The van der Waals surface area contributed by atoms with Crippen LogP contribution in [0.3, 0.4) is 0 Å². The summed E-state index contributed by atoms with van der Waals surface area (Å²) in [7, 11) is 1.80. The quantitative estimate of drug-likeness (QED) is 0.362. The molecule has 4 aliphatic rings. The van der Waals surface area contributed by atoms with Crippen molar-refractivity contribution in [1.29, 1.82) is 0 Å². The van der Waals surface area contributed by atoms with Crippen molar-refractivity contribution in [2.24, 2.45) is 5.41 Å². The van der Waals surface area contributed by atoms with Gasteiger partial charge in [0, 0.05) is 28.0 Å². The Labute approximate surface area is 204 Å². The van der Waals surface area contributed by atoms with Crippen molar-refractivity contribution in [2.45, 2.75) is 36.5 Å². The Bertz CT molecular complexity index is 1350. The van der Waals surface area contributed by atoms with Gasteiger partial charge >= 0.3 is 17.8 Å². The van der Waals surface area contributed by atoms with Crippen LogP contribution < -0.4 is 0 Å². The molecule has 6 rings (SSSR count). The van der Waals surface area contributed by atoms with E-state index >= 15 is 17.6 Å². The molecule has 0 radical (unpaired) electrons. The van der Waals surface area contributed by atoms with E-state index in [4.69, 9.17) is 0 Å². The molecule has 2 aromatic rings. The summed E-state index contributed by atoms with van der Waals surface area (Å²) in [6, 6.07) is 7.20.